The van der Waals surface area contributed by atoms with Gasteiger partial charge in [-0.05, 0) is 42.3 Å². The number of carbonyl (C=O) groups is 3. The number of aromatic amines is 1. The Morgan fingerprint density at radius 1 is 1.14 bits per heavy atom. The van der Waals surface area contributed by atoms with Gasteiger partial charge < -0.3 is 20.7 Å². The highest BCUT2D eigenvalue weighted by Crippen LogP contribution is 2.30. The Morgan fingerprint density at radius 2 is 1.97 bits per heavy atom. The van der Waals surface area contributed by atoms with E-state index in [2.05, 4.69) is 20.6 Å². The molecule has 9 nitrogen and oxygen atoms in total. The van der Waals surface area contributed by atoms with Gasteiger partial charge in [-0.3, -0.25) is 14.2 Å². The molecular weight excluding hydrogens is 446 g/mol. The molecule has 4 N–H and O–H groups in total. The van der Waals surface area contributed by atoms with E-state index >= 15 is 0 Å². The summed E-state index contributed by atoms with van der Waals surface area (Å²) >= 11 is 0. The van der Waals surface area contributed by atoms with Gasteiger partial charge in [-0.1, -0.05) is 30.3 Å². The number of benzene rings is 2. The highest BCUT2D eigenvalue weighted by Gasteiger charge is 2.26. The predicted octanol–water partition coefficient (Wildman–Crippen LogP) is 2.32. The highest BCUT2D eigenvalue weighted by atomic mass is 16.4. The Balaban J connectivity index is 1.46. The van der Waals surface area contributed by atoms with Gasteiger partial charge in [0.15, 0.2) is 0 Å². The van der Waals surface area contributed by atoms with Crippen LogP contribution >= 0.6 is 0 Å². The van der Waals surface area contributed by atoms with E-state index in [-0.39, 0.29) is 18.7 Å². The first-order valence-electron chi connectivity index (χ1n) is 11.5. The van der Waals surface area contributed by atoms with Crippen LogP contribution in [0.3, 0.4) is 0 Å². The molecule has 1 aliphatic heterocycles. The van der Waals surface area contributed by atoms with Gasteiger partial charge >= 0.3 is 5.97 Å². The highest BCUT2D eigenvalue weighted by molar-refractivity contribution is 6.03. The summed E-state index contributed by atoms with van der Waals surface area (Å²) in [6.45, 7) is 1.35. The molecule has 1 aliphatic rings. The van der Waals surface area contributed by atoms with Gasteiger partial charge in [0.1, 0.15) is 6.04 Å². The molecule has 0 saturated carbocycles. The molecule has 1 unspecified atom stereocenters. The van der Waals surface area contributed by atoms with Crippen LogP contribution < -0.4 is 10.6 Å². The van der Waals surface area contributed by atoms with Crippen LogP contribution in [0.15, 0.2) is 61.1 Å². The lowest BCUT2D eigenvalue weighted by Crippen LogP contribution is -2.42. The third kappa shape index (κ3) is 4.58. The topological polar surface area (TPSA) is 129 Å². The molecule has 2 aromatic carbocycles. The van der Waals surface area contributed by atoms with E-state index in [4.69, 9.17) is 0 Å². The normalized spacial score (nSPS) is 13.8. The molecule has 35 heavy (non-hydrogen) atoms. The second-order valence-corrected chi connectivity index (χ2v) is 8.62. The molecule has 178 valence electrons. The standard InChI is InChI=1S/C26H25N5O4/c32-24(10-16-4-2-1-3-5-16)31-22-7-6-17(11-20(22)19-8-9-27-14-23(19)31)25(33)30-21(26(34)35)12-18-13-28-15-29-18/h1-7,11,13,15,21,27H,8-10,12,14H2,(H,28,29)(H,30,33)(H,34,35). The minimum absolute atomic E-state index is 0.0335. The van der Waals surface area contributed by atoms with E-state index in [0.717, 1.165) is 40.7 Å². The van der Waals surface area contributed by atoms with Gasteiger partial charge in [0.25, 0.3) is 5.91 Å². The zero-order valence-electron chi connectivity index (χ0n) is 19.0. The summed E-state index contributed by atoms with van der Waals surface area (Å²) < 4.78 is 1.75. The maximum atomic E-state index is 13.3. The summed E-state index contributed by atoms with van der Waals surface area (Å²) in [5, 5.41) is 16.4. The van der Waals surface area contributed by atoms with E-state index in [9.17, 15) is 19.5 Å². The number of hydrogen-bond donors (Lipinski definition) is 4. The number of nitrogens with one attached hydrogen (secondary N) is 3. The average Bonchev–Trinajstić information content (AvgIpc) is 3.49. The fourth-order valence-electron chi connectivity index (χ4n) is 4.63. The van der Waals surface area contributed by atoms with Crippen LogP contribution in [0.2, 0.25) is 0 Å². The lowest BCUT2D eigenvalue weighted by molar-refractivity contribution is -0.139. The van der Waals surface area contributed by atoms with E-state index < -0.39 is 17.9 Å². The summed E-state index contributed by atoms with van der Waals surface area (Å²) in [6, 6.07) is 13.7. The zero-order valence-corrected chi connectivity index (χ0v) is 19.0. The number of imidazole rings is 1. The fraction of sp³-hybridized carbons (Fsp3) is 0.231. The predicted molar refractivity (Wildman–Crippen MR) is 129 cm³/mol. The smallest absolute Gasteiger partial charge is 0.326 e. The maximum absolute atomic E-state index is 13.3. The minimum atomic E-state index is -1.13. The van der Waals surface area contributed by atoms with E-state index in [1.165, 1.54) is 12.5 Å². The van der Waals surface area contributed by atoms with Gasteiger partial charge in [-0.25, -0.2) is 9.78 Å². The first-order chi connectivity index (χ1) is 17.0. The minimum Gasteiger partial charge on any atom is -0.480 e. The van der Waals surface area contributed by atoms with Crippen LogP contribution in [0.25, 0.3) is 10.9 Å². The average molecular weight is 472 g/mol. The first kappa shape index (κ1) is 22.5. The quantitative estimate of drug-likeness (QED) is 0.327. The Hall–Kier alpha value is -4.24. The van der Waals surface area contributed by atoms with Crippen molar-refractivity contribution in [2.75, 3.05) is 6.54 Å². The zero-order chi connectivity index (χ0) is 24.4. The van der Waals surface area contributed by atoms with E-state index in [1.54, 1.807) is 22.8 Å². The first-order valence-corrected chi connectivity index (χ1v) is 11.5. The van der Waals surface area contributed by atoms with Gasteiger partial charge in [0.05, 0.1) is 18.3 Å². The molecule has 1 amide bonds. The van der Waals surface area contributed by atoms with Crippen molar-refractivity contribution in [2.45, 2.75) is 31.8 Å². The SMILES string of the molecule is O=C(NC(Cc1cnc[nH]1)C(=O)O)c1ccc2c(c1)c1c(n2C(=O)Cc2ccccc2)CNCC1. The van der Waals surface area contributed by atoms with Crippen molar-refractivity contribution < 1.29 is 19.5 Å². The van der Waals surface area contributed by atoms with Gasteiger partial charge in [-0.15, -0.1) is 0 Å². The molecule has 4 aromatic rings. The van der Waals surface area contributed by atoms with Gasteiger partial charge in [0, 0.05) is 41.5 Å². The molecule has 2 aromatic heterocycles. The number of amides is 1. The van der Waals surface area contributed by atoms with Crippen molar-refractivity contribution >= 4 is 28.7 Å². The number of aromatic nitrogens is 3. The number of hydrogen-bond acceptors (Lipinski definition) is 5. The molecular formula is C26H25N5O4. The third-order valence-electron chi connectivity index (χ3n) is 6.32. The fourth-order valence-corrected chi connectivity index (χ4v) is 4.63. The molecule has 9 heteroatoms. The molecule has 1 atom stereocenters. The summed E-state index contributed by atoms with van der Waals surface area (Å²) in [7, 11) is 0. The van der Waals surface area contributed by atoms with Gasteiger partial charge in [0.2, 0.25) is 5.91 Å². The second-order valence-electron chi connectivity index (χ2n) is 8.62. The van der Waals surface area contributed by atoms with Crippen LogP contribution in [-0.2, 0) is 30.6 Å². The molecule has 0 saturated heterocycles. The Morgan fingerprint density at radius 3 is 2.71 bits per heavy atom. The molecule has 0 spiro atoms. The van der Waals surface area contributed by atoms with Crippen LogP contribution in [0.4, 0.5) is 0 Å². The van der Waals surface area contributed by atoms with E-state index in [0.29, 0.717) is 17.8 Å². The number of carboxylic acid groups (broad SMARTS) is 1. The van der Waals surface area contributed by atoms with Crippen LogP contribution in [-0.4, -0.2) is 50.0 Å². The maximum Gasteiger partial charge on any atom is 0.326 e. The Bertz CT molecular complexity index is 1390. The number of aliphatic carboxylic acids is 1. The number of carboxylic acids is 1. The number of H-pyrrole nitrogens is 1. The third-order valence-corrected chi connectivity index (χ3v) is 6.32. The molecule has 0 radical (unpaired) electrons. The second kappa shape index (κ2) is 9.55. The van der Waals surface area contributed by atoms with Gasteiger partial charge in [-0.2, -0.15) is 0 Å². The van der Waals surface area contributed by atoms with Crippen molar-refractivity contribution in [3.63, 3.8) is 0 Å². The van der Waals surface area contributed by atoms with Crippen molar-refractivity contribution in [3.05, 3.63) is 89.1 Å². The van der Waals surface area contributed by atoms with E-state index in [1.807, 2.05) is 30.3 Å². The number of carbonyl (C=O) groups excluding carboxylic acids is 2. The van der Waals surface area contributed by atoms with Crippen molar-refractivity contribution in [1.29, 1.82) is 0 Å². The molecule has 5 rings (SSSR count). The molecule has 0 bridgehead atoms. The molecule has 0 aliphatic carbocycles. The monoisotopic (exact) mass is 471 g/mol. The summed E-state index contributed by atoms with van der Waals surface area (Å²) in [5.41, 5.74) is 4.61. The lowest BCUT2D eigenvalue weighted by atomic mass is 10.0. The summed E-state index contributed by atoms with van der Waals surface area (Å²) in [6.07, 6.45) is 4.09. The number of rotatable bonds is 7. The number of nitrogens with zero attached hydrogens (tertiary/aromatic N) is 2. The lowest BCUT2D eigenvalue weighted by Gasteiger charge is -2.16. The van der Waals surface area contributed by atoms with Crippen molar-refractivity contribution in [3.8, 4) is 0 Å². The number of fused-ring (bicyclic) bond motifs is 3. The molecule has 0 fully saturated rings. The largest absolute Gasteiger partial charge is 0.480 e. The Labute approximate surface area is 201 Å². The summed E-state index contributed by atoms with van der Waals surface area (Å²) in [4.78, 5) is 44.8. The molecule has 3 heterocycles. The van der Waals surface area contributed by atoms with Crippen molar-refractivity contribution in [1.82, 2.24) is 25.2 Å². The van der Waals surface area contributed by atoms with Crippen molar-refractivity contribution in [2.24, 2.45) is 0 Å². The Kier molecular flexibility index (Phi) is 6.15. The van der Waals surface area contributed by atoms with Crippen LogP contribution in [0.5, 0.6) is 0 Å². The summed E-state index contributed by atoms with van der Waals surface area (Å²) in [5.74, 6) is -1.64. The van der Waals surface area contributed by atoms with Crippen LogP contribution in [0.1, 0.15) is 37.7 Å². The van der Waals surface area contributed by atoms with Crippen LogP contribution in [0, 0.1) is 0 Å².